The molecule has 4 nitrogen and oxygen atoms in total. The second-order valence-electron chi connectivity index (χ2n) is 5.14. The van der Waals surface area contributed by atoms with Crippen LogP contribution in [0.15, 0.2) is 24.3 Å². The predicted molar refractivity (Wildman–Crippen MR) is 66.9 cm³/mol. The third-order valence-corrected chi connectivity index (χ3v) is 3.87. The van der Waals surface area contributed by atoms with Crippen molar-refractivity contribution in [2.75, 3.05) is 19.6 Å². The van der Waals surface area contributed by atoms with E-state index in [4.69, 9.17) is 0 Å². The van der Waals surface area contributed by atoms with Gasteiger partial charge in [0.25, 0.3) is 0 Å². The lowest BCUT2D eigenvalue weighted by Gasteiger charge is -2.30. The summed E-state index contributed by atoms with van der Waals surface area (Å²) in [6, 6.07) is 6.41. The molecule has 1 saturated carbocycles. The van der Waals surface area contributed by atoms with Crippen LogP contribution in [0.2, 0.25) is 0 Å². The molecule has 1 aromatic carbocycles. The number of hydrogen-bond acceptors (Lipinski definition) is 2. The third kappa shape index (κ3) is 1.99. The van der Waals surface area contributed by atoms with Gasteiger partial charge in [0, 0.05) is 18.7 Å². The largest absolute Gasteiger partial charge is 0.353 e. The van der Waals surface area contributed by atoms with Crippen LogP contribution in [0.3, 0.4) is 0 Å². The molecule has 0 radical (unpaired) electrons. The van der Waals surface area contributed by atoms with E-state index in [2.05, 4.69) is 5.32 Å². The molecule has 0 bridgehead atoms. The molecule has 1 aliphatic heterocycles. The fraction of sp³-hybridized carbons (Fsp3) is 0.429. The van der Waals surface area contributed by atoms with Gasteiger partial charge in [0.05, 0.1) is 12.0 Å². The Morgan fingerprint density at radius 1 is 1.32 bits per heavy atom. The van der Waals surface area contributed by atoms with Crippen LogP contribution in [0.1, 0.15) is 18.4 Å². The van der Waals surface area contributed by atoms with Gasteiger partial charge >= 0.3 is 0 Å². The summed E-state index contributed by atoms with van der Waals surface area (Å²) in [5.41, 5.74) is -0.269. The summed E-state index contributed by atoms with van der Waals surface area (Å²) in [5.74, 6) is -0.605. The Bertz CT molecular complexity index is 540. The first-order chi connectivity index (χ1) is 9.13. The smallest absolute Gasteiger partial charge is 0.239 e. The molecule has 2 amide bonds. The number of carbonyl (C=O) groups excluding carboxylic acids is 2. The van der Waals surface area contributed by atoms with Gasteiger partial charge in [-0.3, -0.25) is 9.59 Å². The van der Waals surface area contributed by atoms with Gasteiger partial charge in [0.15, 0.2) is 0 Å². The van der Waals surface area contributed by atoms with Crippen molar-refractivity contribution in [2.24, 2.45) is 0 Å². The van der Waals surface area contributed by atoms with Crippen molar-refractivity contribution in [3.63, 3.8) is 0 Å². The van der Waals surface area contributed by atoms with Crippen LogP contribution in [-0.2, 0) is 15.0 Å². The van der Waals surface area contributed by atoms with E-state index in [1.54, 1.807) is 18.2 Å². The van der Waals surface area contributed by atoms with Crippen molar-refractivity contribution in [3.8, 4) is 0 Å². The Morgan fingerprint density at radius 2 is 2.05 bits per heavy atom. The van der Waals surface area contributed by atoms with Crippen LogP contribution in [-0.4, -0.2) is 36.3 Å². The number of piperazine rings is 1. The number of carbonyl (C=O) groups is 2. The van der Waals surface area contributed by atoms with Crippen LogP contribution in [0.5, 0.6) is 0 Å². The highest BCUT2D eigenvalue weighted by Crippen LogP contribution is 2.50. The van der Waals surface area contributed by atoms with Crippen molar-refractivity contribution in [3.05, 3.63) is 35.6 Å². The summed E-state index contributed by atoms with van der Waals surface area (Å²) in [6.07, 6.45) is 1.32. The Morgan fingerprint density at radius 3 is 2.68 bits per heavy atom. The topological polar surface area (TPSA) is 49.4 Å². The van der Waals surface area contributed by atoms with Crippen molar-refractivity contribution >= 4 is 11.8 Å². The van der Waals surface area contributed by atoms with Crippen molar-refractivity contribution in [1.82, 2.24) is 10.2 Å². The molecule has 1 heterocycles. The Labute approximate surface area is 110 Å². The van der Waals surface area contributed by atoms with Gasteiger partial charge in [0.2, 0.25) is 11.8 Å². The first-order valence-electron chi connectivity index (χ1n) is 6.44. The standard InChI is InChI=1S/C14H15FN2O2/c15-11-4-2-1-3-10(11)14(5-6-14)13(19)17-8-7-16-12(18)9-17/h1-4H,5-9H2,(H,16,18). The highest BCUT2D eigenvalue weighted by atomic mass is 19.1. The number of nitrogens with one attached hydrogen (secondary N) is 1. The minimum atomic E-state index is -0.733. The van der Waals surface area contributed by atoms with E-state index in [0.29, 0.717) is 31.5 Å². The Balaban J connectivity index is 1.87. The molecule has 0 aromatic heterocycles. The molecule has 1 saturated heterocycles. The molecule has 1 aromatic rings. The molecule has 0 unspecified atom stereocenters. The van der Waals surface area contributed by atoms with Gasteiger partial charge in [-0.15, -0.1) is 0 Å². The number of hydrogen-bond donors (Lipinski definition) is 1. The minimum absolute atomic E-state index is 0.0784. The second kappa shape index (κ2) is 4.33. The third-order valence-electron chi connectivity index (χ3n) is 3.87. The maximum Gasteiger partial charge on any atom is 0.239 e. The molecule has 19 heavy (non-hydrogen) atoms. The van der Waals surface area contributed by atoms with E-state index in [1.807, 2.05) is 0 Å². The molecule has 5 heteroatoms. The van der Waals surface area contributed by atoms with Crippen LogP contribution in [0, 0.1) is 5.82 Å². The predicted octanol–water partition coefficient (Wildman–Crippen LogP) is 0.816. The van der Waals surface area contributed by atoms with Crippen molar-refractivity contribution < 1.29 is 14.0 Å². The van der Waals surface area contributed by atoms with Crippen molar-refractivity contribution in [2.45, 2.75) is 18.3 Å². The monoisotopic (exact) mass is 262 g/mol. The summed E-state index contributed by atoms with van der Waals surface area (Å²) >= 11 is 0. The fourth-order valence-corrected chi connectivity index (χ4v) is 2.69. The molecule has 2 fully saturated rings. The lowest BCUT2D eigenvalue weighted by atomic mass is 9.93. The van der Waals surface area contributed by atoms with E-state index in [0.717, 1.165) is 0 Å². The molecule has 2 aliphatic rings. The highest BCUT2D eigenvalue weighted by Gasteiger charge is 2.54. The zero-order valence-electron chi connectivity index (χ0n) is 10.5. The number of nitrogens with zero attached hydrogens (tertiary/aromatic N) is 1. The number of rotatable bonds is 2. The van der Waals surface area contributed by atoms with E-state index in [1.165, 1.54) is 11.0 Å². The van der Waals surface area contributed by atoms with Gasteiger partial charge in [-0.05, 0) is 18.9 Å². The molecular formula is C14H15FN2O2. The molecule has 100 valence electrons. The quantitative estimate of drug-likeness (QED) is 0.857. The van der Waals surface area contributed by atoms with Gasteiger partial charge < -0.3 is 10.2 Å². The van der Waals surface area contributed by atoms with E-state index < -0.39 is 5.41 Å². The molecule has 0 atom stereocenters. The van der Waals surface area contributed by atoms with Crippen LogP contribution >= 0.6 is 0 Å². The average Bonchev–Trinajstić information content (AvgIpc) is 3.20. The molecule has 1 aliphatic carbocycles. The lowest BCUT2D eigenvalue weighted by Crippen LogP contribution is -2.52. The van der Waals surface area contributed by atoms with Crippen LogP contribution < -0.4 is 5.32 Å². The zero-order chi connectivity index (χ0) is 13.5. The summed E-state index contributed by atoms with van der Waals surface area (Å²) in [4.78, 5) is 25.4. The molecule has 0 spiro atoms. The van der Waals surface area contributed by atoms with Gasteiger partial charge in [-0.25, -0.2) is 4.39 Å². The van der Waals surface area contributed by atoms with Gasteiger partial charge in [-0.2, -0.15) is 0 Å². The van der Waals surface area contributed by atoms with Gasteiger partial charge in [0.1, 0.15) is 5.82 Å². The van der Waals surface area contributed by atoms with E-state index in [9.17, 15) is 14.0 Å². The van der Waals surface area contributed by atoms with Crippen molar-refractivity contribution in [1.29, 1.82) is 0 Å². The average molecular weight is 262 g/mol. The van der Waals surface area contributed by atoms with E-state index >= 15 is 0 Å². The van der Waals surface area contributed by atoms with Gasteiger partial charge in [-0.1, -0.05) is 18.2 Å². The summed E-state index contributed by atoms with van der Waals surface area (Å²) in [6.45, 7) is 1.05. The number of halogens is 1. The molecule has 3 rings (SSSR count). The van der Waals surface area contributed by atoms with E-state index in [-0.39, 0.29) is 24.2 Å². The maximum absolute atomic E-state index is 13.9. The zero-order valence-corrected chi connectivity index (χ0v) is 10.5. The summed E-state index contributed by atoms with van der Waals surface area (Å²) in [5, 5.41) is 2.68. The second-order valence-corrected chi connectivity index (χ2v) is 5.14. The minimum Gasteiger partial charge on any atom is -0.353 e. The first-order valence-corrected chi connectivity index (χ1v) is 6.44. The van der Waals surface area contributed by atoms with Crippen LogP contribution in [0.25, 0.3) is 0 Å². The van der Waals surface area contributed by atoms with Crippen LogP contribution in [0.4, 0.5) is 4.39 Å². The summed E-state index contributed by atoms with van der Waals surface area (Å²) in [7, 11) is 0. The Hall–Kier alpha value is -1.91. The molecule has 1 N–H and O–H groups in total. The first kappa shape index (κ1) is 12.1. The Kier molecular flexibility index (Phi) is 2.77. The number of amides is 2. The fourth-order valence-electron chi connectivity index (χ4n) is 2.69. The lowest BCUT2D eigenvalue weighted by molar-refractivity contribution is -0.140. The normalized spacial score (nSPS) is 20.9. The number of benzene rings is 1. The maximum atomic E-state index is 13.9. The SMILES string of the molecule is O=C1CN(C(=O)C2(c3ccccc3F)CC2)CCN1. The highest BCUT2D eigenvalue weighted by molar-refractivity contribution is 5.94. The summed E-state index contributed by atoms with van der Waals surface area (Å²) < 4.78 is 13.9. The molecular weight excluding hydrogens is 247 g/mol.